The van der Waals surface area contributed by atoms with Crippen LogP contribution in [0.1, 0.15) is 12.5 Å². The molecule has 2 aliphatic rings. The highest BCUT2D eigenvalue weighted by Crippen LogP contribution is 2.35. The number of amides is 2. The van der Waals surface area contributed by atoms with E-state index in [1.807, 2.05) is 0 Å². The van der Waals surface area contributed by atoms with E-state index in [1.165, 1.54) is 12.1 Å². The van der Waals surface area contributed by atoms with Gasteiger partial charge in [0.15, 0.2) is 0 Å². The summed E-state index contributed by atoms with van der Waals surface area (Å²) in [4.78, 5) is 25.3. The molecule has 2 amide bonds. The molecule has 1 aromatic rings. The quantitative estimate of drug-likeness (QED) is 0.800. The van der Waals surface area contributed by atoms with Gasteiger partial charge in [-0.2, -0.15) is 18.3 Å². The third kappa shape index (κ3) is 1.98. The summed E-state index contributed by atoms with van der Waals surface area (Å²) in [6.07, 6.45) is -4.53. The first kappa shape index (κ1) is 13.6. The highest BCUT2D eigenvalue weighted by Gasteiger charge is 2.52. The van der Waals surface area contributed by atoms with E-state index < -0.39 is 35.5 Å². The number of carbonyl (C=O) groups excluding carboxylic acids is 2. The molecule has 8 heteroatoms. The van der Waals surface area contributed by atoms with Gasteiger partial charge in [-0.1, -0.05) is 6.07 Å². The summed E-state index contributed by atoms with van der Waals surface area (Å²) >= 11 is 0. The van der Waals surface area contributed by atoms with Crippen LogP contribution in [0.5, 0.6) is 0 Å². The number of nitrogens with one attached hydrogen (secondary N) is 1. The second kappa shape index (κ2) is 4.31. The minimum atomic E-state index is -4.53. The van der Waals surface area contributed by atoms with Crippen molar-refractivity contribution in [3.63, 3.8) is 0 Å². The van der Waals surface area contributed by atoms with Crippen LogP contribution < -0.4 is 10.3 Å². The molecule has 0 saturated carbocycles. The topological polar surface area (TPSA) is 61.8 Å². The number of halogens is 3. The highest BCUT2D eigenvalue weighted by atomic mass is 19.4. The SMILES string of the molecule is CC1=NNC2C(=O)N(c3cccc(C(F)(F)F)c3)C(=O)C12. The maximum Gasteiger partial charge on any atom is 0.416 e. The van der Waals surface area contributed by atoms with E-state index in [1.54, 1.807) is 6.92 Å². The molecule has 2 aliphatic heterocycles. The zero-order valence-electron chi connectivity index (χ0n) is 10.8. The Hall–Kier alpha value is -2.38. The molecule has 2 atom stereocenters. The number of hydrazone groups is 1. The Morgan fingerprint density at radius 3 is 2.57 bits per heavy atom. The van der Waals surface area contributed by atoms with Gasteiger partial charge in [-0.05, 0) is 25.1 Å². The van der Waals surface area contributed by atoms with Crippen LogP contribution in [0.4, 0.5) is 18.9 Å². The fourth-order valence-corrected chi connectivity index (χ4v) is 2.54. The molecule has 1 saturated heterocycles. The van der Waals surface area contributed by atoms with Crippen molar-refractivity contribution >= 4 is 23.2 Å². The van der Waals surface area contributed by atoms with Gasteiger partial charge in [-0.3, -0.25) is 15.0 Å². The summed E-state index contributed by atoms with van der Waals surface area (Å²) in [6, 6.07) is 3.33. The van der Waals surface area contributed by atoms with Crippen molar-refractivity contribution in [1.29, 1.82) is 0 Å². The van der Waals surface area contributed by atoms with E-state index >= 15 is 0 Å². The van der Waals surface area contributed by atoms with Gasteiger partial charge in [0, 0.05) is 5.71 Å². The smallest absolute Gasteiger partial charge is 0.296 e. The van der Waals surface area contributed by atoms with Crippen LogP contribution in [-0.2, 0) is 15.8 Å². The van der Waals surface area contributed by atoms with Crippen LogP contribution in [0.2, 0.25) is 0 Å². The number of benzene rings is 1. The Morgan fingerprint density at radius 1 is 1.24 bits per heavy atom. The van der Waals surface area contributed by atoms with Crippen molar-refractivity contribution < 1.29 is 22.8 Å². The Labute approximate surface area is 117 Å². The first-order valence-corrected chi connectivity index (χ1v) is 6.15. The third-order valence-electron chi connectivity index (χ3n) is 3.57. The maximum absolute atomic E-state index is 12.7. The molecule has 1 aromatic carbocycles. The lowest BCUT2D eigenvalue weighted by atomic mass is 10.0. The average Bonchev–Trinajstić information content (AvgIpc) is 2.90. The Morgan fingerprint density at radius 2 is 1.95 bits per heavy atom. The fourth-order valence-electron chi connectivity index (χ4n) is 2.54. The number of hydrogen-bond donors (Lipinski definition) is 1. The number of anilines is 1. The van der Waals surface area contributed by atoms with Gasteiger partial charge in [0.05, 0.1) is 11.3 Å². The second-order valence-electron chi connectivity index (χ2n) is 4.90. The predicted octanol–water partition coefficient (Wildman–Crippen LogP) is 1.54. The summed E-state index contributed by atoms with van der Waals surface area (Å²) in [5, 5.41) is 3.82. The van der Waals surface area contributed by atoms with E-state index in [0.717, 1.165) is 17.0 Å². The van der Waals surface area contributed by atoms with Crippen molar-refractivity contribution in [2.75, 3.05) is 4.90 Å². The van der Waals surface area contributed by atoms with Gasteiger partial charge in [0.25, 0.3) is 5.91 Å². The van der Waals surface area contributed by atoms with Crippen LogP contribution in [0, 0.1) is 5.92 Å². The predicted molar refractivity (Wildman–Crippen MR) is 67.5 cm³/mol. The van der Waals surface area contributed by atoms with Gasteiger partial charge in [0.2, 0.25) is 5.91 Å². The molecular formula is C13H10F3N3O2. The van der Waals surface area contributed by atoms with Crippen LogP contribution in [0.3, 0.4) is 0 Å². The lowest BCUT2D eigenvalue weighted by Crippen LogP contribution is -2.36. The minimum absolute atomic E-state index is 0.0798. The highest BCUT2D eigenvalue weighted by molar-refractivity contribution is 6.30. The van der Waals surface area contributed by atoms with Gasteiger partial charge in [-0.25, -0.2) is 4.90 Å². The average molecular weight is 297 g/mol. The molecule has 3 rings (SSSR count). The summed E-state index contributed by atoms with van der Waals surface area (Å²) in [7, 11) is 0. The van der Waals surface area contributed by atoms with Crippen molar-refractivity contribution in [3.05, 3.63) is 29.8 Å². The molecule has 21 heavy (non-hydrogen) atoms. The van der Waals surface area contributed by atoms with E-state index in [9.17, 15) is 22.8 Å². The molecule has 5 nitrogen and oxygen atoms in total. The first-order valence-electron chi connectivity index (χ1n) is 6.15. The number of rotatable bonds is 1. The Balaban J connectivity index is 2.00. The maximum atomic E-state index is 12.7. The van der Waals surface area contributed by atoms with Crippen LogP contribution in [0.25, 0.3) is 0 Å². The van der Waals surface area contributed by atoms with E-state index in [2.05, 4.69) is 10.5 Å². The number of alkyl halides is 3. The van der Waals surface area contributed by atoms with Gasteiger partial charge in [-0.15, -0.1) is 0 Å². The van der Waals surface area contributed by atoms with Crippen molar-refractivity contribution in [1.82, 2.24) is 5.43 Å². The van der Waals surface area contributed by atoms with Gasteiger partial charge in [0.1, 0.15) is 12.0 Å². The van der Waals surface area contributed by atoms with E-state index in [-0.39, 0.29) is 5.69 Å². The summed E-state index contributed by atoms with van der Waals surface area (Å²) < 4.78 is 38.2. The molecule has 0 bridgehead atoms. The molecule has 0 aliphatic carbocycles. The molecule has 2 unspecified atom stereocenters. The molecule has 0 radical (unpaired) electrons. The largest absolute Gasteiger partial charge is 0.416 e. The van der Waals surface area contributed by atoms with Crippen LogP contribution >= 0.6 is 0 Å². The second-order valence-corrected chi connectivity index (χ2v) is 4.90. The van der Waals surface area contributed by atoms with Gasteiger partial charge >= 0.3 is 6.18 Å². The fraction of sp³-hybridized carbons (Fsp3) is 0.308. The molecule has 110 valence electrons. The number of hydrogen-bond acceptors (Lipinski definition) is 4. The number of imide groups is 1. The molecule has 1 fully saturated rings. The van der Waals surface area contributed by atoms with Crippen LogP contribution in [-0.4, -0.2) is 23.6 Å². The Kier molecular flexibility index (Phi) is 2.79. The molecule has 0 spiro atoms. The zero-order chi connectivity index (χ0) is 15.4. The molecule has 1 N–H and O–H groups in total. The molecule has 0 aromatic heterocycles. The standard InChI is InChI=1S/C13H10F3N3O2/c1-6-9-10(18-17-6)12(21)19(11(9)20)8-4-2-3-7(5-8)13(14,15)16/h2-5,9-10,18H,1H3. The van der Waals surface area contributed by atoms with Crippen molar-refractivity contribution in [3.8, 4) is 0 Å². The zero-order valence-corrected chi connectivity index (χ0v) is 10.8. The minimum Gasteiger partial charge on any atom is -0.296 e. The Bertz CT molecular complexity index is 669. The number of nitrogens with zero attached hydrogens (tertiary/aromatic N) is 2. The normalized spacial score (nSPS) is 25.0. The van der Waals surface area contributed by atoms with Crippen molar-refractivity contribution in [2.45, 2.75) is 19.1 Å². The lowest BCUT2D eigenvalue weighted by molar-refractivity contribution is -0.137. The monoisotopic (exact) mass is 297 g/mol. The van der Waals surface area contributed by atoms with Crippen LogP contribution in [0.15, 0.2) is 29.4 Å². The first-order chi connectivity index (χ1) is 9.80. The summed E-state index contributed by atoms with van der Waals surface area (Å²) in [5.74, 6) is -1.90. The molecule has 2 heterocycles. The van der Waals surface area contributed by atoms with Crippen molar-refractivity contribution in [2.24, 2.45) is 11.0 Å². The summed E-state index contributed by atoms with van der Waals surface area (Å²) in [6.45, 7) is 1.60. The number of carbonyl (C=O) groups is 2. The summed E-state index contributed by atoms with van der Waals surface area (Å²) in [5.41, 5.74) is 2.01. The van der Waals surface area contributed by atoms with Gasteiger partial charge < -0.3 is 0 Å². The number of fused-ring (bicyclic) bond motifs is 1. The van der Waals surface area contributed by atoms with E-state index in [0.29, 0.717) is 5.71 Å². The van der Waals surface area contributed by atoms with E-state index in [4.69, 9.17) is 0 Å². The third-order valence-corrected chi connectivity index (χ3v) is 3.57. The lowest BCUT2D eigenvalue weighted by Gasteiger charge is -2.17. The molecular weight excluding hydrogens is 287 g/mol.